The van der Waals surface area contributed by atoms with Crippen molar-refractivity contribution < 1.29 is 14.6 Å². The van der Waals surface area contributed by atoms with Gasteiger partial charge in [-0.05, 0) is 24.8 Å². The molecule has 1 saturated carbocycles. The number of rotatable bonds is 4. The molecule has 0 unspecified atom stereocenters. The molecule has 1 aromatic heterocycles. The molecule has 1 fully saturated rings. The van der Waals surface area contributed by atoms with E-state index in [4.69, 9.17) is 9.84 Å². The molecular weight excluding hydrogens is 218 g/mol. The molecule has 0 bridgehead atoms. The van der Waals surface area contributed by atoms with E-state index in [0.717, 1.165) is 0 Å². The van der Waals surface area contributed by atoms with E-state index in [0.29, 0.717) is 18.3 Å². The fraction of sp³-hybridized carbons (Fsp3) is 0.538. The molecule has 92 valence electrons. The summed E-state index contributed by atoms with van der Waals surface area (Å²) in [5, 5.41) is 8.81. The van der Waals surface area contributed by atoms with E-state index in [1.165, 1.54) is 44.4 Å². The summed E-state index contributed by atoms with van der Waals surface area (Å²) in [6.45, 7) is 0.684. The zero-order chi connectivity index (χ0) is 12.1. The SMILES string of the molecule is O=C(O)c1cc(OCC2CCCCC2)ccn1. The smallest absolute Gasteiger partial charge is 0.354 e. The minimum absolute atomic E-state index is 0.0335. The average Bonchev–Trinajstić information content (AvgIpc) is 2.38. The Morgan fingerprint density at radius 1 is 1.41 bits per heavy atom. The first-order valence-electron chi connectivity index (χ1n) is 6.08. The molecule has 1 N–H and O–H groups in total. The molecule has 0 spiro atoms. The third-order valence-corrected chi connectivity index (χ3v) is 3.16. The van der Waals surface area contributed by atoms with Crippen molar-refractivity contribution in [1.29, 1.82) is 0 Å². The Balaban J connectivity index is 1.89. The van der Waals surface area contributed by atoms with E-state index in [9.17, 15) is 4.79 Å². The highest BCUT2D eigenvalue weighted by Crippen LogP contribution is 2.24. The molecule has 1 aliphatic carbocycles. The van der Waals surface area contributed by atoms with Crippen LogP contribution in [0.15, 0.2) is 18.3 Å². The summed E-state index contributed by atoms with van der Waals surface area (Å²) in [7, 11) is 0. The van der Waals surface area contributed by atoms with Crippen molar-refractivity contribution in [2.24, 2.45) is 5.92 Å². The zero-order valence-electron chi connectivity index (χ0n) is 9.76. The normalized spacial score (nSPS) is 16.7. The third kappa shape index (κ3) is 3.44. The van der Waals surface area contributed by atoms with Crippen LogP contribution in [0.2, 0.25) is 0 Å². The monoisotopic (exact) mass is 235 g/mol. The van der Waals surface area contributed by atoms with Crippen molar-refractivity contribution in [2.45, 2.75) is 32.1 Å². The van der Waals surface area contributed by atoms with Gasteiger partial charge in [-0.1, -0.05) is 19.3 Å². The fourth-order valence-corrected chi connectivity index (χ4v) is 2.19. The first-order valence-corrected chi connectivity index (χ1v) is 6.08. The van der Waals surface area contributed by atoms with Crippen LogP contribution in [0.5, 0.6) is 5.75 Å². The van der Waals surface area contributed by atoms with Gasteiger partial charge in [-0.15, -0.1) is 0 Å². The van der Waals surface area contributed by atoms with Gasteiger partial charge in [0.15, 0.2) is 5.69 Å². The largest absolute Gasteiger partial charge is 0.493 e. The first kappa shape index (κ1) is 11.9. The van der Waals surface area contributed by atoms with E-state index in [2.05, 4.69) is 4.98 Å². The summed E-state index contributed by atoms with van der Waals surface area (Å²) in [4.78, 5) is 14.5. The van der Waals surface area contributed by atoms with Crippen LogP contribution in [0.25, 0.3) is 0 Å². The molecule has 1 aliphatic rings. The molecule has 4 nitrogen and oxygen atoms in total. The maximum Gasteiger partial charge on any atom is 0.354 e. The summed E-state index contributed by atoms with van der Waals surface area (Å²) in [6.07, 6.45) is 7.80. The second kappa shape index (κ2) is 5.66. The molecule has 0 radical (unpaired) electrons. The Bertz CT molecular complexity index is 386. The van der Waals surface area contributed by atoms with Gasteiger partial charge in [-0.3, -0.25) is 0 Å². The average molecular weight is 235 g/mol. The Kier molecular flexibility index (Phi) is 3.96. The van der Waals surface area contributed by atoms with Gasteiger partial charge in [0.05, 0.1) is 6.61 Å². The van der Waals surface area contributed by atoms with Crippen LogP contribution >= 0.6 is 0 Å². The zero-order valence-corrected chi connectivity index (χ0v) is 9.76. The first-order chi connectivity index (χ1) is 8.25. The van der Waals surface area contributed by atoms with E-state index in [1.54, 1.807) is 6.07 Å². The molecule has 0 aromatic carbocycles. The fourth-order valence-electron chi connectivity index (χ4n) is 2.19. The topological polar surface area (TPSA) is 59.4 Å². The van der Waals surface area contributed by atoms with Crippen LogP contribution < -0.4 is 4.74 Å². The highest BCUT2D eigenvalue weighted by Gasteiger charge is 2.14. The maximum absolute atomic E-state index is 10.7. The van der Waals surface area contributed by atoms with Gasteiger partial charge >= 0.3 is 5.97 Å². The summed E-state index contributed by atoms with van der Waals surface area (Å²) in [5.74, 6) is 0.196. The molecule has 1 aromatic rings. The lowest BCUT2D eigenvalue weighted by Crippen LogP contribution is -2.15. The molecule has 2 rings (SSSR count). The maximum atomic E-state index is 10.7. The number of hydrogen-bond acceptors (Lipinski definition) is 3. The highest BCUT2D eigenvalue weighted by atomic mass is 16.5. The van der Waals surface area contributed by atoms with Crippen LogP contribution in [0.3, 0.4) is 0 Å². The molecule has 1 heterocycles. The number of aromatic nitrogens is 1. The number of pyridine rings is 1. The van der Waals surface area contributed by atoms with Crippen LogP contribution in [0, 0.1) is 5.92 Å². The molecule has 17 heavy (non-hydrogen) atoms. The lowest BCUT2D eigenvalue weighted by Gasteiger charge is -2.21. The minimum atomic E-state index is -1.02. The predicted octanol–water partition coefficient (Wildman–Crippen LogP) is 2.74. The van der Waals surface area contributed by atoms with Crippen molar-refractivity contribution in [3.63, 3.8) is 0 Å². The standard InChI is InChI=1S/C13H17NO3/c15-13(16)12-8-11(6-7-14-12)17-9-10-4-2-1-3-5-10/h6-8,10H,1-5,9H2,(H,15,16). The number of nitrogens with zero attached hydrogens (tertiary/aromatic N) is 1. The van der Waals surface area contributed by atoms with Gasteiger partial charge < -0.3 is 9.84 Å². The van der Waals surface area contributed by atoms with Gasteiger partial charge in [0, 0.05) is 12.3 Å². The number of hydrogen-bond donors (Lipinski definition) is 1. The molecule has 0 saturated heterocycles. The predicted molar refractivity (Wildman–Crippen MR) is 63.3 cm³/mol. The summed E-state index contributed by atoms with van der Waals surface area (Å²) in [5.41, 5.74) is 0.0335. The lowest BCUT2D eigenvalue weighted by molar-refractivity contribution is 0.0689. The third-order valence-electron chi connectivity index (χ3n) is 3.16. The number of carboxylic acids is 1. The van der Waals surface area contributed by atoms with E-state index in [1.807, 2.05) is 0 Å². The number of aromatic carboxylic acids is 1. The van der Waals surface area contributed by atoms with Crippen molar-refractivity contribution >= 4 is 5.97 Å². The number of ether oxygens (including phenoxy) is 1. The van der Waals surface area contributed by atoms with Gasteiger partial charge in [0.25, 0.3) is 0 Å². The Labute approximate surface area is 101 Å². The van der Waals surface area contributed by atoms with Crippen LogP contribution in [0.1, 0.15) is 42.6 Å². The minimum Gasteiger partial charge on any atom is -0.493 e. The van der Waals surface area contributed by atoms with Crippen LogP contribution in [-0.2, 0) is 0 Å². The lowest BCUT2D eigenvalue weighted by atomic mass is 9.90. The van der Waals surface area contributed by atoms with E-state index < -0.39 is 5.97 Å². The molecular formula is C13H17NO3. The van der Waals surface area contributed by atoms with Gasteiger partial charge in [-0.25, -0.2) is 9.78 Å². The van der Waals surface area contributed by atoms with Gasteiger partial charge in [0.2, 0.25) is 0 Å². The van der Waals surface area contributed by atoms with Crippen molar-refractivity contribution in [2.75, 3.05) is 6.61 Å². The van der Waals surface area contributed by atoms with Crippen LogP contribution in [0.4, 0.5) is 0 Å². The van der Waals surface area contributed by atoms with Crippen molar-refractivity contribution in [3.05, 3.63) is 24.0 Å². The van der Waals surface area contributed by atoms with E-state index in [-0.39, 0.29) is 5.69 Å². The summed E-state index contributed by atoms with van der Waals surface area (Å²) in [6, 6.07) is 3.18. The Morgan fingerprint density at radius 2 is 2.18 bits per heavy atom. The second-order valence-electron chi connectivity index (χ2n) is 4.50. The number of carbonyl (C=O) groups is 1. The highest BCUT2D eigenvalue weighted by molar-refractivity contribution is 5.85. The molecule has 4 heteroatoms. The van der Waals surface area contributed by atoms with Crippen molar-refractivity contribution in [1.82, 2.24) is 4.98 Å². The molecule has 0 aliphatic heterocycles. The Morgan fingerprint density at radius 3 is 2.88 bits per heavy atom. The summed E-state index contributed by atoms with van der Waals surface area (Å²) >= 11 is 0. The molecule has 0 amide bonds. The van der Waals surface area contributed by atoms with Crippen molar-refractivity contribution in [3.8, 4) is 5.75 Å². The Hall–Kier alpha value is -1.58. The summed E-state index contributed by atoms with van der Waals surface area (Å²) < 4.78 is 5.63. The quantitative estimate of drug-likeness (QED) is 0.871. The molecule has 0 atom stereocenters. The van der Waals surface area contributed by atoms with E-state index >= 15 is 0 Å². The number of carboxylic acid groups (broad SMARTS) is 1. The second-order valence-corrected chi connectivity index (χ2v) is 4.50. The van der Waals surface area contributed by atoms with Crippen LogP contribution in [-0.4, -0.2) is 22.7 Å². The van der Waals surface area contributed by atoms with Gasteiger partial charge in [0.1, 0.15) is 5.75 Å². The van der Waals surface area contributed by atoms with Gasteiger partial charge in [-0.2, -0.15) is 0 Å².